The van der Waals surface area contributed by atoms with Crippen LogP contribution in [-0.2, 0) is 6.18 Å². The average molecular weight is 408 g/mol. The molecule has 5 nitrogen and oxygen atoms in total. The van der Waals surface area contributed by atoms with Gasteiger partial charge >= 0.3 is 6.18 Å². The minimum absolute atomic E-state index is 0.0445. The third-order valence-electron chi connectivity index (χ3n) is 4.75. The number of aromatic nitrogens is 3. The molecule has 1 aliphatic carbocycles. The number of hydrogen-bond donors (Lipinski definition) is 2. The highest BCUT2D eigenvalue weighted by molar-refractivity contribution is 7.18. The Balaban J connectivity index is 1.78. The van der Waals surface area contributed by atoms with Crippen molar-refractivity contribution in [3.63, 3.8) is 0 Å². The molecule has 148 valence electrons. The number of hydrogen-bond acceptors (Lipinski definition) is 6. The van der Waals surface area contributed by atoms with E-state index in [-0.39, 0.29) is 18.0 Å². The van der Waals surface area contributed by atoms with Gasteiger partial charge in [-0.25, -0.2) is 4.98 Å². The molecule has 0 aliphatic heterocycles. The van der Waals surface area contributed by atoms with Crippen LogP contribution in [0.15, 0.2) is 18.2 Å². The Morgan fingerprint density at radius 3 is 2.68 bits per heavy atom. The van der Waals surface area contributed by atoms with E-state index in [4.69, 9.17) is 5.11 Å². The average Bonchev–Trinajstić information content (AvgIpc) is 3.39. The monoisotopic (exact) mass is 408 g/mol. The number of aliphatic hydroxyl groups is 1. The molecule has 9 heteroatoms. The summed E-state index contributed by atoms with van der Waals surface area (Å²) >= 11 is 1.23. The van der Waals surface area contributed by atoms with Crippen molar-refractivity contribution in [3.05, 3.63) is 34.9 Å². The zero-order valence-corrected chi connectivity index (χ0v) is 16.0. The summed E-state index contributed by atoms with van der Waals surface area (Å²) in [6, 6.07) is 4.85. The molecule has 3 aromatic rings. The van der Waals surface area contributed by atoms with Crippen molar-refractivity contribution in [2.45, 2.75) is 38.3 Å². The molecule has 2 aromatic heterocycles. The number of pyridine rings is 1. The zero-order chi connectivity index (χ0) is 19.9. The van der Waals surface area contributed by atoms with Gasteiger partial charge in [-0.05, 0) is 61.4 Å². The van der Waals surface area contributed by atoms with Crippen molar-refractivity contribution in [1.82, 2.24) is 15.2 Å². The van der Waals surface area contributed by atoms with Crippen LogP contribution in [0.25, 0.3) is 21.6 Å². The molecule has 0 radical (unpaired) electrons. The summed E-state index contributed by atoms with van der Waals surface area (Å²) < 4.78 is 41.2. The Bertz CT molecular complexity index is 1010. The lowest BCUT2D eigenvalue weighted by atomic mass is 9.98. The number of halogens is 3. The van der Waals surface area contributed by atoms with E-state index in [1.165, 1.54) is 17.4 Å². The highest BCUT2D eigenvalue weighted by atomic mass is 32.1. The fraction of sp³-hybridized carbons (Fsp3) is 0.421. The summed E-state index contributed by atoms with van der Waals surface area (Å²) in [4.78, 5) is 4.32. The minimum atomic E-state index is -4.47. The van der Waals surface area contributed by atoms with Crippen molar-refractivity contribution in [1.29, 1.82) is 0 Å². The van der Waals surface area contributed by atoms with E-state index in [0.29, 0.717) is 34.2 Å². The molecule has 0 spiro atoms. The number of rotatable bonds is 6. The quantitative estimate of drug-likeness (QED) is 0.576. The summed E-state index contributed by atoms with van der Waals surface area (Å²) in [5.41, 5.74) is 1.11. The van der Waals surface area contributed by atoms with Crippen molar-refractivity contribution in [2.75, 3.05) is 18.5 Å². The van der Waals surface area contributed by atoms with Gasteiger partial charge in [0.2, 0.25) is 5.13 Å². The van der Waals surface area contributed by atoms with Gasteiger partial charge < -0.3 is 10.4 Å². The Kier molecular flexibility index (Phi) is 4.96. The maximum atomic E-state index is 13.7. The van der Waals surface area contributed by atoms with E-state index < -0.39 is 11.7 Å². The molecule has 2 N–H and O–H groups in total. The van der Waals surface area contributed by atoms with Crippen LogP contribution in [0, 0.1) is 6.92 Å². The van der Waals surface area contributed by atoms with Gasteiger partial charge in [0.05, 0.1) is 11.1 Å². The number of nitrogens with zero attached hydrogens (tertiary/aromatic N) is 3. The summed E-state index contributed by atoms with van der Waals surface area (Å²) in [6.45, 7) is 2.40. The molecular formula is C19H19F3N4OS. The zero-order valence-electron chi connectivity index (χ0n) is 15.2. The summed E-state index contributed by atoms with van der Waals surface area (Å²) in [5, 5.41) is 21.5. The predicted molar refractivity (Wildman–Crippen MR) is 103 cm³/mol. The third-order valence-corrected chi connectivity index (χ3v) is 5.66. The van der Waals surface area contributed by atoms with Gasteiger partial charge in [0.15, 0.2) is 5.01 Å². The van der Waals surface area contributed by atoms with Crippen molar-refractivity contribution >= 4 is 27.4 Å². The van der Waals surface area contributed by atoms with Crippen LogP contribution >= 0.6 is 11.3 Å². The molecule has 0 unspecified atom stereocenters. The second-order valence-electron chi connectivity index (χ2n) is 6.98. The van der Waals surface area contributed by atoms with E-state index in [2.05, 4.69) is 20.5 Å². The van der Waals surface area contributed by atoms with Crippen LogP contribution in [0.3, 0.4) is 0 Å². The van der Waals surface area contributed by atoms with Crippen LogP contribution in [0.4, 0.5) is 18.3 Å². The molecule has 0 saturated heterocycles. The lowest BCUT2D eigenvalue weighted by Crippen LogP contribution is -2.08. The third kappa shape index (κ3) is 3.81. The maximum absolute atomic E-state index is 13.7. The van der Waals surface area contributed by atoms with E-state index in [1.807, 2.05) is 6.07 Å². The number of fused-ring (bicyclic) bond motifs is 1. The van der Waals surface area contributed by atoms with Gasteiger partial charge in [-0.15, -0.1) is 10.2 Å². The van der Waals surface area contributed by atoms with Gasteiger partial charge in [0.1, 0.15) is 5.69 Å². The second kappa shape index (κ2) is 7.29. The lowest BCUT2D eigenvalue weighted by Gasteiger charge is -2.14. The Labute approximate surface area is 163 Å². The molecule has 28 heavy (non-hydrogen) atoms. The Morgan fingerprint density at radius 1 is 1.21 bits per heavy atom. The van der Waals surface area contributed by atoms with Gasteiger partial charge in [-0.2, -0.15) is 13.2 Å². The SMILES string of the molecule is Cc1cc(-c2nnc(NCCCO)s2)nc2c(C(F)(F)F)cc(C3CC3)cc12. The smallest absolute Gasteiger partial charge is 0.396 e. The summed E-state index contributed by atoms with van der Waals surface area (Å²) in [7, 11) is 0. The second-order valence-corrected chi connectivity index (χ2v) is 7.95. The summed E-state index contributed by atoms with van der Waals surface area (Å²) in [5.74, 6) is 0.222. The molecule has 1 aromatic carbocycles. The molecule has 4 rings (SSSR count). The molecule has 0 bridgehead atoms. The van der Waals surface area contributed by atoms with Crippen LogP contribution < -0.4 is 5.32 Å². The number of nitrogens with one attached hydrogen (secondary N) is 1. The standard InChI is InChI=1S/C19H19F3N4OS/c1-10-7-15(17-25-26-18(28-17)23-5-2-6-27)24-16-13(10)8-12(11-3-4-11)9-14(16)19(20,21)22/h7-9,11,27H,2-6H2,1H3,(H,23,26). The highest BCUT2D eigenvalue weighted by Crippen LogP contribution is 2.45. The summed E-state index contributed by atoms with van der Waals surface area (Å²) in [6.07, 6.45) is -2.03. The molecule has 0 atom stereocenters. The first-order valence-corrected chi connectivity index (χ1v) is 9.89. The van der Waals surface area contributed by atoms with E-state index in [1.54, 1.807) is 13.0 Å². The fourth-order valence-corrected chi connectivity index (χ4v) is 3.89. The van der Waals surface area contributed by atoms with E-state index in [9.17, 15) is 13.2 Å². The first kappa shape index (κ1) is 19.1. The minimum Gasteiger partial charge on any atom is -0.396 e. The number of anilines is 1. The maximum Gasteiger partial charge on any atom is 0.418 e. The van der Waals surface area contributed by atoms with Crippen molar-refractivity contribution in [2.24, 2.45) is 0 Å². The Hall–Kier alpha value is -2.26. The lowest BCUT2D eigenvalue weighted by molar-refractivity contribution is -0.136. The largest absolute Gasteiger partial charge is 0.418 e. The van der Waals surface area contributed by atoms with Gasteiger partial charge in [0.25, 0.3) is 0 Å². The number of aryl methyl sites for hydroxylation is 1. The molecule has 1 aliphatic rings. The van der Waals surface area contributed by atoms with Crippen LogP contribution in [-0.4, -0.2) is 33.4 Å². The normalized spacial score (nSPS) is 14.6. The van der Waals surface area contributed by atoms with E-state index >= 15 is 0 Å². The number of aliphatic hydroxyl groups excluding tert-OH is 1. The van der Waals surface area contributed by atoms with Crippen molar-refractivity contribution < 1.29 is 18.3 Å². The molecule has 1 saturated carbocycles. The van der Waals surface area contributed by atoms with E-state index in [0.717, 1.165) is 24.0 Å². The molecule has 2 heterocycles. The first-order valence-electron chi connectivity index (χ1n) is 9.08. The molecule has 0 amide bonds. The first-order chi connectivity index (χ1) is 13.4. The fourth-order valence-electron chi connectivity index (χ4n) is 3.16. The number of benzene rings is 1. The van der Waals surface area contributed by atoms with Gasteiger partial charge in [-0.3, -0.25) is 0 Å². The van der Waals surface area contributed by atoms with Gasteiger partial charge in [0, 0.05) is 18.5 Å². The van der Waals surface area contributed by atoms with Crippen molar-refractivity contribution in [3.8, 4) is 10.7 Å². The van der Waals surface area contributed by atoms with Crippen LogP contribution in [0.2, 0.25) is 0 Å². The molecule has 1 fully saturated rings. The van der Waals surface area contributed by atoms with Crippen LogP contribution in [0.5, 0.6) is 0 Å². The Morgan fingerprint density at radius 2 is 2.00 bits per heavy atom. The van der Waals surface area contributed by atoms with Gasteiger partial charge in [-0.1, -0.05) is 11.3 Å². The topological polar surface area (TPSA) is 70.9 Å². The van der Waals surface area contributed by atoms with Crippen LogP contribution in [0.1, 0.15) is 41.9 Å². The highest BCUT2D eigenvalue weighted by Gasteiger charge is 2.36. The molecular weight excluding hydrogens is 389 g/mol. The number of alkyl halides is 3. The predicted octanol–water partition coefficient (Wildman–Crippen LogP) is 4.75.